The highest BCUT2D eigenvalue weighted by Crippen LogP contribution is 2.40. The summed E-state index contributed by atoms with van der Waals surface area (Å²) in [4.78, 5) is 17.3. The van der Waals surface area contributed by atoms with Gasteiger partial charge in [-0.25, -0.2) is 0 Å². The van der Waals surface area contributed by atoms with Crippen molar-refractivity contribution in [1.29, 1.82) is 0 Å². The Kier molecular flexibility index (Phi) is 6.99. The molecule has 2 aromatic rings. The molecule has 2 heterocycles. The zero-order valence-corrected chi connectivity index (χ0v) is 19.1. The van der Waals surface area contributed by atoms with Crippen LogP contribution in [0.4, 0.5) is 5.69 Å². The van der Waals surface area contributed by atoms with Gasteiger partial charge in [0.1, 0.15) is 11.2 Å². The van der Waals surface area contributed by atoms with Gasteiger partial charge in [-0.15, -0.1) is 0 Å². The van der Waals surface area contributed by atoms with Crippen LogP contribution >= 0.6 is 10.9 Å². The van der Waals surface area contributed by atoms with Gasteiger partial charge in [0.2, 0.25) is 0 Å². The molecule has 0 saturated carbocycles. The predicted molar refractivity (Wildman–Crippen MR) is 131 cm³/mol. The fraction of sp³-hybridized carbons (Fsp3) is 0.320. The van der Waals surface area contributed by atoms with E-state index in [-0.39, 0.29) is 11.3 Å². The van der Waals surface area contributed by atoms with E-state index in [1.54, 1.807) is 0 Å². The highest BCUT2D eigenvalue weighted by Gasteiger charge is 2.25. The topological polar surface area (TPSA) is 44.8 Å². The lowest BCUT2D eigenvalue weighted by Gasteiger charge is -2.26. The van der Waals surface area contributed by atoms with Gasteiger partial charge in [-0.2, -0.15) is 10.9 Å². The summed E-state index contributed by atoms with van der Waals surface area (Å²) in [5, 5.41) is 7.74. The third-order valence-corrected chi connectivity index (χ3v) is 7.75. The standard InChI is InChI=1S/C25H31N3O2S/c1-26-13-12-24(31-16-5-6-17-31)30-21-9-7-8-20(18-21)19-28-15-14-27(2)23-11-4-3-10-22(23)25(28)29/h3-11,16-18,24,26,31H,12-15,19H2,1-2H3. The summed E-state index contributed by atoms with van der Waals surface area (Å²) in [6.45, 7) is 3.00. The maximum atomic E-state index is 13.2. The molecular formula is C25H31N3O2S. The van der Waals surface area contributed by atoms with Crippen molar-refractivity contribution in [2.75, 3.05) is 38.6 Å². The molecule has 2 aliphatic heterocycles. The van der Waals surface area contributed by atoms with Crippen LogP contribution in [0.3, 0.4) is 0 Å². The van der Waals surface area contributed by atoms with Crippen molar-refractivity contribution in [3.05, 3.63) is 82.6 Å². The van der Waals surface area contributed by atoms with Gasteiger partial charge in [0.15, 0.2) is 0 Å². The van der Waals surface area contributed by atoms with Crippen LogP contribution in [0.5, 0.6) is 5.75 Å². The van der Waals surface area contributed by atoms with Gasteiger partial charge in [0.05, 0.1) is 5.56 Å². The van der Waals surface area contributed by atoms with Crippen LogP contribution in [0.15, 0.2) is 71.5 Å². The Morgan fingerprint density at radius 1 is 1.10 bits per heavy atom. The van der Waals surface area contributed by atoms with Crippen LogP contribution in [-0.2, 0) is 6.54 Å². The molecule has 1 N–H and O–H groups in total. The van der Waals surface area contributed by atoms with E-state index in [1.807, 2.05) is 55.4 Å². The SMILES string of the molecule is CNCCC(Oc1cccc(CN2CCN(C)c3ccccc3C2=O)c1)[SH]1C=CC=C1. The largest absolute Gasteiger partial charge is 0.481 e. The number of amides is 1. The summed E-state index contributed by atoms with van der Waals surface area (Å²) in [6, 6.07) is 16.1. The third-order valence-electron chi connectivity index (χ3n) is 5.68. The second-order valence-corrected chi connectivity index (χ2v) is 9.97. The van der Waals surface area contributed by atoms with E-state index < -0.39 is 10.9 Å². The highest BCUT2D eigenvalue weighted by atomic mass is 32.2. The van der Waals surface area contributed by atoms with Gasteiger partial charge in [-0.3, -0.25) is 4.79 Å². The zero-order valence-electron chi connectivity index (χ0n) is 18.2. The lowest BCUT2D eigenvalue weighted by atomic mass is 10.1. The molecule has 164 valence electrons. The Hall–Kier alpha value is -2.70. The lowest BCUT2D eigenvalue weighted by Crippen LogP contribution is -2.33. The molecule has 0 bridgehead atoms. The first-order valence-electron chi connectivity index (χ1n) is 10.8. The summed E-state index contributed by atoms with van der Waals surface area (Å²) in [5.41, 5.74) is 3.00. The van der Waals surface area contributed by atoms with Gasteiger partial charge in [-0.05, 0) is 54.2 Å². The smallest absolute Gasteiger partial charge is 0.256 e. The molecule has 31 heavy (non-hydrogen) atoms. The Balaban J connectivity index is 1.49. The van der Waals surface area contributed by atoms with Crippen LogP contribution in [-0.4, -0.2) is 50.0 Å². The summed E-state index contributed by atoms with van der Waals surface area (Å²) in [5.74, 6) is 0.956. The van der Waals surface area contributed by atoms with Gasteiger partial charge >= 0.3 is 0 Å². The number of carbonyl (C=O) groups is 1. The second kappa shape index (κ2) is 10.1. The Morgan fingerprint density at radius 2 is 1.90 bits per heavy atom. The first-order valence-corrected chi connectivity index (χ1v) is 12.3. The van der Waals surface area contributed by atoms with E-state index in [0.29, 0.717) is 13.1 Å². The number of anilines is 1. The number of allylic oxidation sites excluding steroid dienone is 2. The minimum Gasteiger partial charge on any atom is -0.481 e. The van der Waals surface area contributed by atoms with E-state index >= 15 is 0 Å². The summed E-state index contributed by atoms with van der Waals surface area (Å²) in [7, 11) is 3.61. The van der Waals surface area contributed by atoms with Crippen LogP contribution in [0.2, 0.25) is 0 Å². The molecule has 0 aromatic heterocycles. The molecule has 0 fully saturated rings. The maximum absolute atomic E-state index is 13.2. The molecule has 0 aliphatic carbocycles. The monoisotopic (exact) mass is 437 g/mol. The van der Waals surface area contributed by atoms with Crippen LogP contribution < -0.4 is 15.0 Å². The number of fused-ring (bicyclic) bond motifs is 1. The quantitative estimate of drug-likeness (QED) is 0.610. The summed E-state index contributed by atoms with van der Waals surface area (Å²) in [6.07, 6.45) is 5.17. The Bertz CT molecular complexity index is 963. The van der Waals surface area contributed by atoms with Crippen molar-refractivity contribution in [3.63, 3.8) is 0 Å². The number of likely N-dealkylation sites (N-methyl/N-ethyl adjacent to an activating group) is 1. The van der Waals surface area contributed by atoms with Crippen LogP contribution in [0.1, 0.15) is 22.3 Å². The first kappa shape index (κ1) is 21.5. The van der Waals surface area contributed by atoms with Crippen molar-refractivity contribution in [3.8, 4) is 5.75 Å². The molecule has 1 unspecified atom stereocenters. The second-order valence-electron chi connectivity index (χ2n) is 7.91. The maximum Gasteiger partial charge on any atom is 0.256 e. The van der Waals surface area contributed by atoms with E-state index in [0.717, 1.165) is 42.1 Å². The zero-order chi connectivity index (χ0) is 21.6. The number of rotatable bonds is 8. The van der Waals surface area contributed by atoms with Gasteiger partial charge in [-0.1, -0.05) is 36.4 Å². The molecule has 2 aromatic carbocycles. The number of carbonyl (C=O) groups excluding carboxylic acids is 1. The van der Waals surface area contributed by atoms with Gasteiger partial charge in [0, 0.05) is 38.8 Å². The molecule has 5 nitrogen and oxygen atoms in total. The normalized spacial score (nSPS) is 17.6. The van der Waals surface area contributed by atoms with Crippen LogP contribution in [0.25, 0.3) is 0 Å². The average molecular weight is 438 g/mol. The Labute approximate surface area is 187 Å². The molecule has 1 atom stereocenters. The molecule has 0 radical (unpaired) electrons. The predicted octanol–water partition coefficient (Wildman–Crippen LogP) is 4.14. The van der Waals surface area contributed by atoms with Crippen LogP contribution in [0, 0.1) is 0 Å². The minimum absolute atomic E-state index is 0.0860. The number of hydrogen-bond acceptors (Lipinski definition) is 4. The number of benzene rings is 2. The van der Waals surface area contributed by atoms with Gasteiger partial charge in [0.25, 0.3) is 5.91 Å². The molecule has 0 saturated heterocycles. The molecule has 2 aliphatic rings. The van der Waals surface area contributed by atoms with E-state index in [4.69, 9.17) is 4.74 Å². The fourth-order valence-corrected chi connectivity index (χ4v) is 5.72. The number of nitrogens with zero attached hydrogens (tertiary/aromatic N) is 2. The van der Waals surface area contributed by atoms with Crippen molar-refractivity contribution < 1.29 is 9.53 Å². The van der Waals surface area contributed by atoms with Crippen molar-refractivity contribution in [2.24, 2.45) is 0 Å². The van der Waals surface area contributed by atoms with Crippen molar-refractivity contribution in [1.82, 2.24) is 10.2 Å². The van der Waals surface area contributed by atoms with Gasteiger partial charge < -0.3 is 19.9 Å². The van der Waals surface area contributed by atoms with E-state index in [2.05, 4.69) is 45.3 Å². The minimum atomic E-state index is -0.408. The number of para-hydroxylation sites is 1. The van der Waals surface area contributed by atoms with Crippen molar-refractivity contribution in [2.45, 2.75) is 18.4 Å². The van der Waals surface area contributed by atoms with E-state index in [1.165, 1.54) is 0 Å². The van der Waals surface area contributed by atoms with E-state index in [9.17, 15) is 4.79 Å². The molecule has 4 rings (SSSR count). The summed E-state index contributed by atoms with van der Waals surface area (Å²) < 4.78 is 6.43. The number of nitrogens with one attached hydrogen (secondary N) is 1. The molecule has 1 amide bonds. The number of hydrogen-bond donors (Lipinski definition) is 2. The van der Waals surface area contributed by atoms with Crippen molar-refractivity contribution >= 4 is 22.5 Å². The fourth-order valence-electron chi connectivity index (χ4n) is 3.97. The molecule has 0 spiro atoms. The number of thiol groups is 1. The number of ether oxygens (including phenoxy) is 1. The first-order chi connectivity index (χ1) is 15.2. The summed E-state index contributed by atoms with van der Waals surface area (Å²) >= 11 is 0. The molecule has 6 heteroatoms. The third kappa shape index (κ3) is 5.14. The lowest BCUT2D eigenvalue weighted by molar-refractivity contribution is 0.0754. The molecular weight excluding hydrogens is 406 g/mol. The average Bonchev–Trinajstić information content (AvgIpc) is 3.30. The highest BCUT2D eigenvalue weighted by molar-refractivity contribution is 8.22. The Morgan fingerprint density at radius 3 is 2.71 bits per heavy atom.